The number of benzene rings is 2. The van der Waals surface area contributed by atoms with Crippen LogP contribution in [0.3, 0.4) is 0 Å². The van der Waals surface area contributed by atoms with Crippen molar-refractivity contribution in [1.29, 1.82) is 0 Å². The summed E-state index contributed by atoms with van der Waals surface area (Å²) < 4.78 is 11.0. The monoisotopic (exact) mass is 312 g/mol. The number of ether oxygens (including phenoxy) is 2. The van der Waals surface area contributed by atoms with Gasteiger partial charge in [0.25, 0.3) is 0 Å². The Hall–Kier alpha value is -1.42. The van der Waals surface area contributed by atoms with Crippen molar-refractivity contribution in [3.8, 4) is 11.5 Å². The van der Waals surface area contributed by atoms with Crippen LogP contribution in [0.15, 0.2) is 36.4 Å². The summed E-state index contributed by atoms with van der Waals surface area (Å²) >= 11 is 11.8. The maximum Gasteiger partial charge on any atom is 0.125 e. The molecule has 0 fully saturated rings. The molecule has 0 aliphatic rings. The molecule has 20 heavy (non-hydrogen) atoms. The molecule has 0 saturated heterocycles. The Balaban J connectivity index is 2.18. The Bertz CT molecular complexity index is 600. The van der Waals surface area contributed by atoms with Crippen molar-refractivity contribution in [2.24, 2.45) is 0 Å². The molecule has 0 spiro atoms. The summed E-state index contributed by atoms with van der Waals surface area (Å²) in [7, 11) is 1.59. The number of hydrogen-bond donors (Lipinski definition) is 1. The summed E-state index contributed by atoms with van der Waals surface area (Å²) in [5.74, 6) is 1.29. The number of aliphatic hydroxyl groups excluding tert-OH is 1. The van der Waals surface area contributed by atoms with Crippen molar-refractivity contribution in [2.45, 2.75) is 13.2 Å². The summed E-state index contributed by atoms with van der Waals surface area (Å²) in [6, 6.07) is 10.4. The Kier molecular flexibility index (Phi) is 5.12. The number of hydrogen-bond acceptors (Lipinski definition) is 3. The zero-order chi connectivity index (χ0) is 14.5. The van der Waals surface area contributed by atoms with E-state index in [4.69, 9.17) is 32.7 Å². The fourth-order valence-electron chi connectivity index (χ4n) is 1.83. The van der Waals surface area contributed by atoms with Crippen molar-refractivity contribution >= 4 is 23.2 Å². The highest BCUT2D eigenvalue weighted by Gasteiger charge is 2.08. The SMILES string of the molecule is COc1ccc(Cl)cc1COc1ccc(Cl)cc1CO. The van der Waals surface area contributed by atoms with Crippen molar-refractivity contribution in [3.05, 3.63) is 57.6 Å². The molecular weight excluding hydrogens is 299 g/mol. The number of methoxy groups -OCH3 is 1. The molecule has 2 rings (SSSR count). The fourth-order valence-corrected chi connectivity index (χ4v) is 2.22. The van der Waals surface area contributed by atoms with Gasteiger partial charge in [-0.25, -0.2) is 0 Å². The van der Waals surface area contributed by atoms with Crippen molar-refractivity contribution < 1.29 is 14.6 Å². The standard InChI is InChI=1S/C15H14Cl2O3/c1-19-14-4-2-13(17)7-11(14)9-20-15-5-3-12(16)6-10(15)8-18/h2-7,18H,8-9H2,1H3. The zero-order valence-electron chi connectivity index (χ0n) is 10.9. The number of aliphatic hydroxyl groups is 1. The molecule has 0 aromatic heterocycles. The van der Waals surface area contributed by atoms with E-state index in [9.17, 15) is 5.11 Å². The summed E-state index contributed by atoms with van der Waals surface area (Å²) in [4.78, 5) is 0. The summed E-state index contributed by atoms with van der Waals surface area (Å²) in [5, 5.41) is 10.5. The van der Waals surface area contributed by atoms with Gasteiger partial charge in [0.05, 0.1) is 13.7 Å². The minimum atomic E-state index is -0.136. The van der Waals surface area contributed by atoms with E-state index < -0.39 is 0 Å². The van der Waals surface area contributed by atoms with E-state index >= 15 is 0 Å². The third-order valence-electron chi connectivity index (χ3n) is 2.82. The Morgan fingerprint density at radius 2 is 1.55 bits per heavy atom. The van der Waals surface area contributed by atoms with Crippen LogP contribution >= 0.6 is 23.2 Å². The third-order valence-corrected chi connectivity index (χ3v) is 3.29. The molecular formula is C15H14Cl2O3. The molecule has 0 radical (unpaired) electrons. The lowest BCUT2D eigenvalue weighted by atomic mass is 10.2. The second kappa shape index (κ2) is 6.84. The first kappa shape index (κ1) is 15.0. The predicted octanol–water partition coefficient (Wildman–Crippen LogP) is 4.07. The van der Waals surface area contributed by atoms with Crippen molar-refractivity contribution in [1.82, 2.24) is 0 Å². The van der Waals surface area contributed by atoms with Crippen molar-refractivity contribution in [2.75, 3.05) is 7.11 Å². The Labute approximate surface area is 127 Å². The minimum Gasteiger partial charge on any atom is -0.496 e. The van der Waals surface area contributed by atoms with Gasteiger partial charge < -0.3 is 14.6 Å². The molecule has 106 valence electrons. The molecule has 0 aliphatic carbocycles. The summed E-state index contributed by atoms with van der Waals surface area (Å²) in [6.07, 6.45) is 0. The van der Waals surface area contributed by atoms with E-state index in [1.54, 1.807) is 43.5 Å². The van der Waals surface area contributed by atoms with Gasteiger partial charge in [-0.2, -0.15) is 0 Å². The van der Waals surface area contributed by atoms with E-state index in [1.807, 2.05) is 0 Å². The first-order valence-electron chi connectivity index (χ1n) is 5.98. The van der Waals surface area contributed by atoms with Gasteiger partial charge in [0.2, 0.25) is 0 Å². The zero-order valence-corrected chi connectivity index (χ0v) is 12.4. The Morgan fingerprint density at radius 3 is 2.15 bits per heavy atom. The van der Waals surface area contributed by atoms with Gasteiger partial charge in [-0.15, -0.1) is 0 Å². The van der Waals surface area contributed by atoms with Crippen LogP contribution < -0.4 is 9.47 Å². The average Bonchev–Trinajstić information content (AvgIpc) is 2.46. The van der Waals surface area contributed by atoms with E-state index in [2.05, 4.69) is 0 Å². The van der Waals surface area contributed by atoms with Crippen LogP contribution in [0.25, 0.3) is 0 Å². The first-order valence-corrected chi connectivity index (χ1v) is 6.74. The number of halogens is 2. The molecule has 0 heterocycles. The molecule has 0 aliphatic heterocycles. The van der Waals surface area contributed by atoms with Gasteiger partial charge in [-0.1, -0.05) is 23.2 Å². The number of rotatable bonds is 5. The smallest absolute Gasteiger partial charge is 0.125 e. The van der Waals surface area contributed by atoms with E-state index in [-0.39, 0.29) is 6.61 Å². The van der Waals surface area contributed by atoms with E-state index in [0.717, 1.165) is 5.56 Å². The maximum atomic E-state index is 9.30. The topological polar surface area (TPSA) is 38.7 Å². The highest BCUT2D eigenvalue weighted by atomic mass is 35.5. The second-order valence-electron chi connectivity index (χ2n) is 4.16. The van der Waals surface area contributed by atoms with Crippen LogP contribution in [0.4, 0.5) is 0 Å². The molecule has 0 amide bonds. The first-order chi connectivity index (χ1) is 9.63. The molecule has 0 unspecified atom stereocenters. The highest BCUT2D eigenvalue weighted by molar-refractivity contribution is 6.31. The lowest BCUT2D eigenvalue weighted by Gasteiger charge is -2.13. The highest BCUT2D eigenvalue weighted by Crippen LogP contribution is 2.27. The largest absolute Gasteiger partial charge is 0.496 e. The van der Waals surface area contributed by atoms with Gasteiger partial charge in [-0.3, -0.25) is 0 Å². The van der Waals surface area contributed by atoms with Gasteiger partial charge in [0.1, 0.15) is 18.1 Å². The lowest BCUT2D eigenvalue weighted by molar-refractivity contribution is 0.257. The maximum absolute atomic E-state index is 9.30. The van der Waals surface area contributed by atoms with E-state index in [1.165, 1.54) is 0 Å². The molecule has 3 nitrogen and oxygen atoms in total. The van der Waals surface area contributed by atoms with Gasteiger partial charge in [-0.05, 0) is 36.4 Å². The van der Waals surface area contributed by atoms with Crippen molar-refractivity contribution in [3.63, 3.8) is 0 Å². The van der Waals surface area contributed by atoms with E-state index in [0.29, 0.717) is 33.7 Å². The molecule has 0 atom stereocenters. The molecule has 0 saturated carbocycles. The fraction of sp³-hybridized carbons (Fsp3) is 0.200. The normalized spacial score (nSPS) is 10.4. The van der Waals surface area contributed by atoms with Gasteiger partial charge in [0, 0.05) is 21.2 Å². The van der Waals surface area contributed by atoms with Crippen LogP contribution in [0.2, 0.25) is 10.0 Å². The van der Waals surface area contributed by atoms with Gasteiger partial charge in [0.15, 0.2) is 0 Å². The van der Waals surface area contributed by atoms with Gasteiger partial charge >= 0.3 is 0 Å². The molecule has 2 aromatic rings. The van der Waals surface area contributed by atoms with Crippen LogP contribution in [-0.4, -0.2) is 12.2 Å². The Morgan fingerprint density at radius 1 is 0.950 bits per heavy atom. The second-order valence-corrected chi connectivity index (χ2v) is 5.03. The molecule has 2 aromatic carbocycles. The van der Waals surface area contributed by atoms with Crippen LogP contribution in [0.5, 0.6) is 11.5 Å². The van der Waals surface area contributed by atoms with Crippen LogP contribution in [0.1, 0.15) is 11.1 Å². The molecule has 1 N–H and O–H groups in total. The minimum absolute atomic E-state index is 0.136. The predicted molar refractivity (Wildman–Crippen MR) is 79.7 cm³/mol. The van der Waals surface area contributed by atoms with Crippen LogP contribution in [0, 0.1) is 0 Å². The summed E-state index contributed by atoms with van der Waals surface area (Å²) in [6.45, 7) is 0.154. The van der Waals surface area contributed by atoms with Crippen LogP contribution in [-0.2, 0) is 13.2 Å². The lowest BCUT2D eigenvalue weighted by Crippen LogP contribution is -2.01. The quantitative estimate of drug-likeness (QED) is 0.904. The molecule has 5 heteroatoms. The molecule has 0 bridgehead atoms. The third kappa shape index (κ3) is 3.57. The average molecular weight is 313 g/mol. The summed E-state index contributed by atoms with van der Waals surface area (Å²) in [5.41, 5.74) is 1.47.